The molecule has 2 aromatic rings. The van der Waals surface area contributed by atoms with Gasteiger partial charge >= 0.3 is 5.97 Å². The van der Waals surface area contributed by atoms with Crippen molar-refractivity contribution in [1.82, 2.24) is 4.98 Å². The van der Waals surface area contributed by atoms with Crippen LogP contribution in [0, 0.1) is 5.92 Å². The molecule has 0 atom stereocenters. The van der Waals surface area contributed by atoms with Crippen molar-refractivity contribution in [3.8, 4) is 0 Å². The first-order chi connectivity index (χ1) is 16.2. The first-order valence-electron chi connectivity index (χ1n) is 11.7. The SMILES string of the molecule is C=C(/C=C(C)\C(=C/C)c1cc2cnc(NC(=O)C3CC3)cc2c[n+]1O)C(=O)OC.CC.CCC. The highest BCUT2D eigenvalue weighted by molar-refractivity contribution is 5.95. The number of aromatic nitrogens is 2. The van der Waals surface area contributed by atoms with Gasteiger partial charge in [-0.2, -0.15) is 0 Å². The van der Waals surface area contributed by atoms with Crippen LogP contribution < -0.4 is 10.0 Å². The standard InChI is InChI=1S/C22H23N3O4.C3H8.C2H6/c1-5-18(13(2)8-14(3)22(27)29-4)19-9-16-11-23-20(10-17(16)12-25(19)28)24-21(26)15-6-7-15;1-3-2;1-2/h5,8-12,15H,3,6-7H2,1-2,4H3,(H-,23,24,26,28);3H2,1-2H3;1-2H3/p+1/b13-8-,18-5+;;. The van der Waals surface area contributed by atoms with Crippen molar-refractivity contribution in [3.05, 3.63) is 60.1 Å². The van der Waals surface area contributed by atoms with Gasteiger partial charge in [-0.25, -0.2) is 9.78 Å². The molecule has 1 amide bonds. The maximum absolute atomic E-state index is 11.9. The summed E-state index contributed by atoms with van der Waals surface area (Å²) in [5.41, 5.74) is 2.22. The molecule has 0 radical (unpaired) electrons. The minimum Gasteiger partial charge on any atom is -0.465 e. The zero-order valence-corrected chi connectivity index (χ0v) is 21.4. The predicted octanol–water partition coefficient (Wildman–Crippen LogP) is 5.63. The predicted molar refractivity (Wildman–Crippen MR) is 136 cm³/mol. The summed E-state index contributed by atoms with van der Waals surface area (Å²) in [5.74, 6) is 0.0107. The van der Waals surface area contributed by atoms with Gasteiger partial charge in [0, 0.05) is 33.9 Å². The summed E-state index contributed by atoms with van der Waals surface area (Å²) in [5, 5.41) is 14.9. The summed E-state index contributed by atoms with van der Waals surface area (Å²) in [6.07, 6.45) is 9.75. The first-order valence-corrected chi connectivity index (χ1v) is 11.7. The molecule has 3 rings (SSSR count). The number of esters is 1. The number of nitrogens with zero attached hydrogens (tertiary/aromatic N) is 2. The second-order valence-corrected chi connectivity index (χ2v) is 7.72. The molecule has 7 heteroatoms. The van der Waals surface area contributed by atoms with Gasteiger partial charge in [0.05, 0.1) is 18.1 Å². The lowest BCUT2D eigenvalue weighted by Gasteiger charge is -2.08. The van der Waals surface area contributed by atoms with Crippen LogP contribution in [-0.4, -0.2) is 29.2 Å². The second-order valence-electron chi connectivity index (χ2n) is 7.72. The molecule has 2 aromatic heterocycles. The summed E-state index contributed by atoms with van der Waals surface area (Å²) in [6, 6.07) is 3.52. The zero-order chi connectivity index (χ0) is 25.8. The third-order valence-electron chi connectivity index (χ3n) is 4.80. The van der Waals surface area contributed by atoms with E-state index in [9.17, 15) is 14.8 Å². The molecule has 0 bridgehead atoms. The van der Waals surface area contributed by atoms with E-state index in [1.54, 1.807) is 30.6 Å². The fourth-order valence-corrected chi connectivity index (χ4v) is 3.08. The van der Waals surface area contributed by atoms with Gasteiger partial charge in [-0.05, 0) is 44.4 Å². The molecule has 0 aromatic carbocycles. The number of carbonyl (C=O) groups excluding carboxylic acids is 2. The first kappa shape index (κ1) is 28.6. The van der Waals surface area contributed by atoms with Crippen LogP contribution >= 0.6 is 0 Å². The van der Waals surface area contributed by atoms with Gasteiger partial charge in [0.1, 0.15) is 5.82 Å². The molecule has 184 valence electrons. The maximum Gasteiger partial charge on any atom is 0.337 e. The molecule has 2 heterocycles. The lowest BCUT2D eigenvalue weighted by molar-refractivity contribution is -0.905. The minimum absolute atomic E-state index is 0.0202. The molecule has 7 nitrogen and oxygen atoms in total. The number of allylic oxidation sites excluding steroid dienone is 3. The Morgan fingerprint density at radius 1 is 1.26 bits per heavy atom. The smallest absolute Gasteiger partial charge is 0.337 e. The molecule has 1 aliphatic rings. The lowest BCUT2D eigenvalue weighted by atomic mass is 10.00. The number of ether oxygens (including phenoxy) is 1. The van der Waals surface area contributed by atoms with Crippen LogP contribution in [0.25, 0.3) is 16.3 Å². The largest absolute Gasteiger partial charge is 0.465 e. The number of carbonyl (C=O) groups is 2. The number of hydrogen-bond donors (Lipinski definition) is 2. The highest BCUT2D eigenvalue weighted by atomic mass is 16.5. The van der Waals surface area contributed by atoms with Crippen molar-refractivity contribution in [2.45, 2.75) is 60.8 Å². The fraction of sp³-hybridized carbons (Fsp3) is 0.407. The monoisotopic (exact) mass is 468 g/mol. The molecule has 34 heavy (non-hydrogen) atoms. The summed E-state index contributed by atoms with van der Waals surface area (Å²) >= 11 is 0. The van der Waals surface area contributed by atoms with E-state index in [1.165, 1.54) is 13.5 Å². The molecule has 1 aliphatic carbocycles. The van der Waals surface area contributed by atoms with Crippen LogP contribution in [0.5, 0.6) is 0 Å². The molecule has 0 unspecified atom stereocenters. The van der Waals surface area contributed by atoms with E-state index in [4.69, 9.17) is 0 Å². The average Bonchev–Trinajstić information content (AvgIpc) is 3.67. The Hall–Kier alpha value is -3.48. The van der Waals surface area contributed by atoms with Crippen LogP contribution in [0.2, 0.25) is 0 Å². The molecule has 1 saturated carbocycles. The van der Waals surface area contributed by atoms with Crippen molar-refractivity contribution < 1.29 is 24.3 Å². The normalized spacial score (nSPS) is 13.1. The number of rotatable bonds is 6. The van der Waals surface area contributed by atoms with Crippen LogP contribution in [0.1, 0.15) is 66.5 Å². The van der Waals surface area contributed by atoms with E-state index in [2.05, 4.69) is 35.5 Å². The van der Waals surface area contributed by atoms with Gasteiger partial charge in [-0.3, -0.25) is 10.0 Å². The Bertz CT molecular complexity index is 1080. The van der Waals surface area contributed by atoms with E-state index in [-0.39, 0.29) is 17.4 Å². The zero-order valence-electron chi connectivity index (χ0n) is 21.4. The van der Waals surface area contributed by atoms with Gasteiger partial charge in [0.15, 0.2) is 0 Å². The van der Waals surface area contributed by atoms with Gasteiger partial charge in [-0.15, -0.1) is 0 Å². The molecule has 1 fully saturated rings. The minimum atomic E-state index is -0.514. The van der Waals surface area contributed by atoms with Crippen molar-refractivity contribution in [1.29, 1.82) is 0 Å². The Labute approximate surface area is 202 Å². The molecular formula is C27H38N3O4+. The van der Waals surface area contributed by atoms with Crippen molar-refractivity contribution in [2.24, 2.45) is 5.92 Å². The summed E-state index contributed by atoms with van der Waals surface area (Å²) in [6.45, 7) is 15.6. The number of pyridine rings is 2. The summed E-state index contributed by atoms with van der Waals surface area (Å²) in [4.78, 5) is 27.9. The third kappa shape index (κ3) is 7.83. The highest BCUT2D eigenvalue weighted by Crippen LogP contribution is 2.30. The number of fused-ring (bicyclic) bond motifs is 1. The number of nitrogens with one attached hydrogen (secondary N) is 1. The van der Waals surface area contributed by atoms with Gasteiger partial charge in [0.2, 0.25) is 12.1 Å². The number of amides is 1. The van der Waals surface area contributed by atoms with Gasteiger partial charge in [-0.1, -0.05) is 46.8 Å². The Morgan fingerprint density at radius 3 is 2.41 bits per heavy atom. The molecule has 0 saturated heterocycles. The van der Waals surface area contributed by atoms with Crippen molar-refractivity contribution in [2.75, 3.05) is 12.4 Å². The Morgan fingerprint density at radius 2 is 1.88 bits per heavy atom. The van der Waals surface area contributed by atoms with Crippen LogP contribution in [0.15, 0.2) is 54.4 Å². The Kier molecular flexibility index (Phi) is 11.7. The van der Waals surface area contributed by atoms with Crippen molar-refractivity contribution >= 4 is 34.0 Å². The Balaban J connectivity index is 0.00000107. The van der Waals surface area contributed by atoms with Gasteiger partial charge < -0.3 is 10.1 Å². The van der Waals surface area contributed by atoms with E-state index in [1.807, 2.05) is 33.8 Å². The van der Waals surface area contributed by atoms with Crippen LogP contribution in [-0.2, 0) is 14.3 Å². The van der Waals surface area contributed by atoms with Crippen LogP contribution in [0.4, 0.5) is 5.82 Å². The van der Waals surface area contributed by atoms with Crippen molar-refractivity contribution in [3.63, 3.8) is 0 Å². The molecule has 2 N–H and O–H groups in total. The summed E-state index contributed by atoms with van der Waals surface area (Å²) in [7, 11) is 1.30. The maximum atomic E-state index is 11.9. The number of anilines is 1. The highest BCUT2D eigenvalue weighted by Gasteiger charge is 2.30. The summed E-state index contributed by atoms with van der Waals surface area (Å²) < 4.78 is 5.69. The van der Waals surface area contributed by atoms with E-state index in [0.29, 0.717) is 11.5 Å². The quantitative estimate of drug-likeness (QED) is 0.188. The van der Waals surface area contributed by atoms with Crippen LogP contribution in [0.3, 0.4) is 0 Å². The molecule has 0 spiro atoms. The lowest BCUT2D eigenvalue weighted by Crippen LogP contribution is -2.34. The number of hydrogen-bond acceptors (Lipinski definition) is 5. The van der Waals surface area contributed by atoms with E-state index >= 15 is 0 Å². The van der Waals surface area contributed by atoms with E-state index < -0.39 is 5.97 Å². The van der Waals surface area contributed by atoms with Gasteiger partial charge in [0.25, 0.3) is 5.69 Å². The molecular weight excluding hydrogens is 430 g/mol. The van der Waals surface area contributed by atoms with E-state index in [0.717, 1.165) is 39.5 Å². The number of methoxy groups -OCH3 is 1. The molecule has 0 aliphatic heterocycles. The topological polar surface area (TPSA) is 92.4 Å². The average molecular weight is 469 g/mol. The third-order valence-corrected chi connectivity index (χ3v) is 4.80. The fourth-order valence-electron chi connectivity index (χ4n) is 3.08. The second kappa shape index (κ2) is 13.9.